The van der Waals surface area contributed by atoms with E-state index in [0.717, 1.165) is 50.0 Å². The molecule has 32 heavy (non-hydrogen) atoms. The van der Waals surface area contributed by atoms with Crippen molar-refractivity contribution in [1.82, 2.24) is 8.75 Å². The molecule has 6 nitrogen and oxygen atoms in total. The van der Waals surface area contributed by atoms with E-state index in [1.54, 1.807) is 0 Å². The second-order valence-electron chi connectivity index (χ2n) is 9.31. The van der Waals surface area contributed by atoms with Crippen LogP contribution in [0.3, 0.4) is 0 Å². The number of ether oxygens (including phenoxy) is 2. The summed E-state index contributed by atoms with van der Waals surface area (Å²) in [6.07, 6.45) is 15.2. The molecule has 0 saturated carbocycles. The van der Waals surface area contributed by atoms with Gasteiger partial charge in [0.1, 0.15) is 12.2 Å². The molecule has 7 heteroatoms. The van der Waals surface area contributed by atoms with E-state index in [0.29, 0.717) is 23.4 Å². The summed E-state index contributed by atoms with van der Waals surface area (Å²) in [4.78, 5) is 12.4. The third kappa shape index (κ3) is 8.81. The zero-order chi connectivity index (χ0) is 23.2. The molecule has 0 aliphatic carbocycles. The largest absolute Gasteiger partial charge is 0.475 e. The Morgan fingerprint density at radius 1 is 1.06 bits per heavy atom. The summed E-state index contributed by atoms with van der Waals surface area (Å²) in [6, 6.07) is 0. The maximum atomic E-state index is 12.4. The number of hydrogen-bond donors (Lipinski definition) is 0. The highest BCUT2D eigenvalue weighted by atomic mass is 32.1. The maximum absolute atomic E-state index is 12.4. The Morgan fingerprint density at radius 3 is 2.50 bits per heavy atom. The normalized spacial score (nSPS) is 19.4. The van der Waals surface area contributed by atoms with Crippen LogP contribution in [0.2, 0.25) is 0 Å². The first kappa shape index (κ1) is 26.8. The van der Waals surface area contributed by atoms with Gasteiger partial charge in [0.25, 0.3) is 5.88 Å². The van der Waals surface area contributed by atoms with Crippen molar-refractivity contribution < 1.29 is 18.8 Å². The fourth-order valence-corrected chi connectivity index (χ4v) is 4.67. The second-order valence-corrected chi connectivity index (χ2v) is 9.84. The summed E-state index contributed by atoms with van der Waals surface area (Å²) in [7, 11) is 2.17. The smallest absolute Gasteiger partial charge is 0.310 e. The minimum Gasteiger partial charge on any atom is -0.475 e. The zero-order valence-electron chi connectivity index (χ0n) is 20.7. The van der Waals surface area contributed by atoms with Crippen molar-refractivity contribution in [1.29, 1.82) is 0 Å². The number of esters is 1. The standard InChI is InChI=1S/C25H44N3O3S/c1-5-7-9-11-12-13-17-23(29)31-21(3)28(4)18-15-16-22(20-28)24-25(27-32-26-24)30-19-14-10-8-6-2/h16,21H,5-15,17-20H2,1-4H3/q+1. The topological polar surface area (TPSA) is 61.3 Å². The average molecular weight is 467 g/mol. The van der Waals surface area contributed by atoms with Crippen LogP contribution in [0.25, 0.3) is 5.57 Å². The summed E-state index contributed by atoms with van der Waals surface area (Å²) in [5, 5.41) is 0. The molecule has 0 bridgehead atoms. The predicted molar refractivity (Wildman–Crippen MR) is 132 cm³/mol. The van der Waals surface area contributed by atoms with Crippen molar-refractivity contribution in [2.75, 3.05) is 26.7 Å². The number of hydrogen-bond acceptors (Lipinski definition) is 6. The van der Waals surface area contributed by atoms with E-state index in [-0.39, 0.29) is 12.2 Å². The summed E-state index contributed by atoms with van der Waals surface area (Å²) in [6.45, 7) is 8.84. The lowest BCUT2D eigenvalue weighted by Gasteiger charge is -2.41. The van der Waals surface area contributed by atoms with Gasteiger partial charge in [-0.1, -0.05) is 71.3 Å². The molecule has 2 rings (SSSR count). The summed E-state index contributed by atoms with van der Waals surface area (Å²) >= 11 is 1.21. The number of rotatable bonds is 16. The molecule has 1 aromatic heterocycles. The lowest BCUT2D eigenvalue weighted by atomic mass is 10.0. The SMILES string of the molecule is CCCCCCCCC(=O)OC(C)[N+]1(C)CCC=C(c2nsnc2OCCCCCC)C1. The summed E-state index contributed by atoms with van der Waals surface area (Å²) < 4.78 is 21.4. The number of carbonyl (C=O) groups is 1. The Morgan fingerprint density at radius 2 is 1.75 bits per heavy atom. The minimum atomic E-state index is -0.184. The average Bonchev–Trinajstić information content (AvgIpc) is 3.24. The maximum Gasteiger partial charge on any atom is 0.310 e. The van der Waals surface area contributed by atoms with Crippen LogP contribution in [0, 0.1) is 0 Å². The number of carbonyl (C=O) groups excluding carboxylic acids is 1. The molecule has 0 saturated heterocycles. The molecule has 0 amide bonds. The molecule has 0 spiro atoms. The number of quaternary nitrogens is 1. The third-order valence-corrected chi connectivity index (χ3v) is 6.99. The first-order chi connectivity index (χ1) is 15.5. The minimum absolute atomic E-state index is 0.0742. The van der Waals surface area contributed by atoms with Crippen LogP contribution in [0.5, 0.6) is 5.88 Å². The molecule has 0 fully saturated rings. The number of unbranched alkanes of at least 4 members (excludes halogenated alkanes) is 8. The van der Waals surface area contributed by atoms with Gasteiger partial charge in [-0.2, -0.15) is 4.37 Å². The van der Waals surface area contributed by atoms with Crippen molar-refractivity contribution in [2.24, 2.45) is 0 Å². The van der Waals surface area contributed by atoms with Gasteiger partial charge in [-0.15, -0.1) is 4.37 Å². The molecule has 1 aliphatic rings. The van der Waals surface area contributed by atoms with Crippen LogP contribution >= 0.6 is 11.7 Å². The Kier molecular flexibility index (Phi) is 12.2. The lowest BCUT2D eigenvalue weighted by Crippen LogP contribution is -2.55. The summed E-state index contributed by atoms with van der Waals surface area (Å²) in [5.41, 5.74) is 2.01. The van der Waals surface area contributed by atoms with Crippen molar-refractivity contribution >= 4 is 23.3 Å². The highest BCUT2D eigenvalue weighted by Gasteiger charge is 2.36. The van der Waals surface area contributed by atoms with E-state index in [1.165, 1.54) is 56.7 Å². The van der Waals surface area contributed by atoms with E-state index in [1.807, 2.05) is 6.92 Å². The first-order valence-corrected chi connectivity index (χ1v) is 13.4. The lowest BCUT2D eigenvalue weighted by molar-refractivity contribution is -0.944. The Hall–Kier alpha value is -1.47. The van der Waals surface area contributed by atoms with Crippen LogP contribution in [-0.2, 0) is 9.53 Å². The molecule has 182 valence electrons. The number of likely N-dealkylation sites (N-methyl/N-ethyl adjacent to an activating group) is 1. The molecule has 2 heterocycles. The predicted octanol–water partition coefficient (Wildman–Crippen LogP) is 6.37. The first-order valence-electron chi connectivity index (χ1n) is 12.7. The molecule has 1 aromatic rings. The Labute approximate surface area is 199 Å². The highest BCUT2D eigenvalue weighted by molar-refractivity contribution is 6.99. The van der Waals surface area contributed by atoms with E-state index < -0.39 is 0 Å². The molecule has 0 N–H and O–H groups in total. The van der Waals surface area contributed by atoms with Crippen molar-refractivity contribution in [3.63, 3.8) is 0 Å². The van der Waals surface area contributed by atoms with Crippen LogP contribution in [-0.4, -0.2) is 52.2 Å². The molecule has 2 atom stereocenters. The van der Waals surface area contributed by atoms with Gasteiger partial charge in [-0.05, 0) is 12.8 Å². The fourth-order valence-electron chi connectivity index (χ4n) is 4.14. The molecule has 0 aromatic carbocycles. The van der Waals surface area contributed by atoms with Gasteiger partial charge < -0.3 is 9.47 Å². The van der Waals surface area contributed by atoms with Crippen LogP contribution < -0.4 is 4.74 Å². The van der Waals surface area contributed by atoms with E-state index in [4.69, 9.17) is 9.47 Å². The van der Waals surface area contributed by atoms with Gasteiger partial charge >= 0.3 is 5.97 Å². The molecule has 2 unspecified atom stereocenters. The molecule has 0 radical (unpaired) electrons. The van der Waals surface area contributed by atoms with Crippen molar-refractivity contribution in [3.05, 3.63) is 11.8 Å². The monoisotopic (exact) mass is 466 g/mol. The van der Waals surface area contributed by atoms with Crippen LogP contribution in [0.15, 0.2) is 6.08 Å². The quantitative estimate of drug-likeness (QED) is 0.161. The number of nitrogens with zero attached hydrogens (tertiary/aromatic N) is 3. The van der Waals surface area contributed by atoms with Crippen molar-refractivity contribution in [3.8, 4) is 5.88 Å². The van der Waals surface area contributed by atoms with Gasteiger partial charge in [-0.25, -0.2) is 0 Å². The highest BCUT2D eigenvalue weighted by Crippen LogP contribution is 2.31. The fraction of sp³-hybridized carbons (Fsp3) is 0.800. The van der Waals surface area contributed by atoms with Gasteiger partial charge in [0.2, 0.25) is 6.23 Å². The molecular weight excluding hydrogens is 422 g/mol. The van der Waals surface area contributed by atoms with Gasteiger partial charge in [0.05, 0.1) is 31.9 Å². The van der Waals surface area contributed by atoms with E-state index >= 15 is 0 Å². The Balaban J connectivity index is 1.83. The van der Waals surface area contributed by atoms with E-state index in [2.05, 4.69) is 35.7 Å². The van der Waals surface area contributed by atoms with Crippen LogP contribution in [0.4, 0.5) is 0 Å². The van der Waals surface area contributed by atoms with E-state index in [9.17, 15) is 4.79 Å². The summed E-state index contributed by atoms with van der Waals surface area (Å²) in [5.74, 6) is 0.578. The van der Waals surface area contributed by atoms with Gasteiger partial charge in [0.15, 0.2) is 0 Å². The zero-order valence-corrected chi connectivity index (χ0v) is 21.6. The van der Waals surface area contributed by atoms with Crippen molar-refractivity contribution in [2.45, 2.75) is 104 Å². The van der Waals surface area contributed by atoms with Gasteiger partial charge in [-0.3, -0.25) is 9.28 Å². The third-order valence-electron chi connectivity index (χ3n) is 6.48. The van der Waals surface area contributed by atoms with Crippen LogP contribution in [0.1, 0.15) is 104 Å². The second kappa shape index (κ2) is 14.6. The Bertz CT molecular complexity index is 706. The van der Waals surface area contributed by atoms with Gasteiger partial charge in [0, 0.05) is 25.3 Å². The molecule has 1 aliphatic heterocycles. The molecular formula is C25H44N3O3S+. The number of aromatic nitrogens is 2.